The summed E-state index contributed by atoms with van der Waals surface area (Å²) in [6.07, 6.45) is 1.32. The highest BCUT2D eigenvalue weighted by Crippen LogP contribution is 2.22. The van der Waals surface area contributed by atoms with Crippen LogP contribution in [0.5, 0.6) is 5.75 Å². The van der Waals surface area contributed by atoms with Crippen LogP contribution in [0.2, 0.25) is 0 Å². The van der Waals surface area contributed by atoms with Gasteiger partial charge in [-0.1, -0.05) is 70.2 Å². The summed E-state index contributed by atoms with van der Waals surface area (Å²) in [5, 5.41) is 18.4. The molecule has 0 unspecified atom stereocenters. The number of hydrogen-bond acceptors (Lipinski definition) is 6. The number of aromatic hydroxyl groups is 1. The number of hydrogen-bond donors (Lipinski definition) is 4. The molecule has 2 aromatic carbocycles. The summed E-state index contributed by atoms with van der Waals surface area (Å²) in [4.78, 5) is 72.4. The lowest BCUT2D eigenvalue weighted by Gasteiger charge is -2.34. The minimum absolute atomic E-state index is 0.0659. The maximum Gasteiger partial charge on any atom is 0.246 e. The number of likely N-dealkylation sites (N-methyl/N-ethyl adjacent to an activating group) is 1. The Balaban J connectivity index is 1.77. The van der Waals surface area contributed by atoms with Crippen LogP contribution in [0.3, 0.4) is 0 Å². The number of phenols is 1. The largest absolute Gasteiger partial charge is 0.508 e. The van der Waals surface area contributed by atoms with E-state index in [0.717, 1.165) is 5.56 Å². The van der Waals surface area contributed by atoms with Crippen LogP contribution in [0, 0.1) is 11.8 Å². The molecular formula is C34H45N5O6. The molecule has 2 heterocycles. The van der Waals surface area contributed by atoms with Crippen LogP contribution in [0.15, 0.2) is 54.6 Å². The molecular weight excluding hydrogens is 574 g/mol. The van der Waals surface area contributed by atoms with Crippen molar-refractivity contribution in [2.45, 2.75) is 83.6 Å². The van der Waals surface area contributed by atoms with E-state index in [4.69, 9.17) is 0 Å². The van der Waals surface area contributed by atoms with Gasteiger partial charge in [0.05, 0.1) is 0 Å². The molecule has 0 aliphatic carbocycles. The smallest absolute Gasteiger partial charge is 0.246 e. The van der Waals surface area contributed by atoms with Crippen LogP contribution in [0.4, 0.5) is 0 Å². The molecule has 5 atom stereocenters. The van der Waals surface area contributed by atoms with E-state index in [0.29, 0.717) is 24.9 Å². The van der Waals surface area contributed by atoms with Gasteiger partial charge in [0.15, 0.2) is 0 Å². The first-order valence-corrected chi connectivity index (χ1v) is 15.7. The van der Waals surface area contributed by atoms with Crippen LogP contribution in [0.25, 0.3) is 0 Å². The first-order chi connectivity index (χ1) is 21.4. The van der Waals surface area contributed by atoms with Gasteiger partial charge in [0.2, 0.25) is 29.5 Å². The zero-order chi connectivity index (χ0) is 32.8. The monoisotopic (exact) mass is 619 g/mol. The Hall–Kier alpha value is -4.41. The second-order valence-electron chi connectivity index (χ2n) is 12.7. The average molecular weight is 620 g/mol. The minimum atomic E-state index is -1.03. The highest BCUT2D eigenvalue weighted by atomic mass is 16.3. The maximum atomic E-state index is 14.1. The Bertz CT molecular complexity index is 1380. The van der Waals surface area contributed by atoms with E-state index in [2.05, 4.69) is 16.0 Å². The van der Waals surface area contributed by atoms with Crippen molar-refractivity contribution in [3.63, 3.8) is 0 Å². The van der Waals surface area contributed by atoms with Crippen LogP contribution >= 0.6 is 0 Å². The fourth-order valence-corrected chi connectivity index (χ4v) is 5.97. The molecule has 2 fully saturated rings. The zero-order valence-electron chi connectivity index (χ0n) is 26.7. The third-order valence-electron chi connectivity index (χ3n) is 8.70. The highest BCUT2D eigenvalue weighted by molar-refractivity contribution is 5.98. The molecule has 0 spiro atoms. The van der Waals surface area contributed by atoms with Crippen molar-refractivity contribution in [2.75, 3.05) is 13.6 Å². The number of fused-ring (bicyclic) bond motifs is 1. The number of carbonyl (C=O) groups excluding carboxylic acids is 5. The molecule has 2 saturated heterocycles. The highest BCUT2D eigenvalue weighted by Gasteiger charge is 2.42. The summed E-state index contributed by atoms with van der Waals surface area (Å²) in [6, 6.07) is 10.8. The van der Waals surface area contributed by atoms with E-state index in [1.807, 2.05) is 44.2 Å². The van der Waals surface area contributed by atoms with Crippen molar-refractivity contribution < 1.29 is 29.1 Å². The van der Waals surface area contributed by atoms with Crippen LogP contribution in [-0.4, -0.2) is 88.2 Å². The number of benzene rings is 2. The van der Waals surface area contributed by atoms with E-state index in [1.54, 1.807) is 26.0 Å². The van der Waals surface area contributed by atoms with Gasteiger partial charge < -0.3 is 30.9 Å². The van der Waals surface area contributed by atoms with Gasteiger partial charge in [-0.15, -0.1) is 0 Å². The number of phenolic OH excluding ortho intramolecular Hbond substituents is 1. The van der Waals surface area contributed by atoms with Crippen molar-refractivity contribution in [1.82, 2.24) is 25.8 Å². The summed E-state index contributed by atoms with van der Waals surface area (Å²) >= 11 is 0. The van der Waals surface area contributed by atoms with Gasteiger partial charge in [-0.2, -0.15) is 0 Å². The molecule has 2 aromatic rings. The Kier molecular flexibility index (Phi) is 10.8. The van der Waals surface area contributed by atoms with Gasteiger partial charge in [0, 0.05) is 26.4 Å². The van der Waals surface area contributed by atoms with Gasteiger partial charge >= 0.3 is 0 Å². The van der Waals surface area contributed by atoms with E-state index >= 15 is 0 Å². The lowest BCUT2D eigenvalue weighted by molar-refractivity contribution is -0.145. The quantitative estimate of drug-likeness (QED) is 0.388. The SMILES string of the molecule is CC(C)[C@@H]1NC(=O)[C@H](Cc2ccccc2)NC(=O)[C@@H]2CCCN2C(=O)[C@H](C(C)C)NC(=O)[C@H](Cc2ccc(O)cc2)N(C)C1=O. The number of nitrogens with zero attached hydrogens (tertiary/aromatic N) is 2. The number of carbonyl (C=O) groups is 5. The molecule has 11 nitrogen and oxygen atoms in total. The predicted octanol–water partition coefficient (Wildman–Crippen LogP) is 1.78. The van der Waals surface area contributed by atoms with Gasteiger partial charge in [-0.05, 0) is 47.9 Å². The van der Waals surface area contributed by atoms with E-state index in [9.17, 15) is 29.1 Å². The fourth-order valence-electron chi connectivity index (χ4n) is 5.97. The van der Waals surface area contributed by atoms with Crippen molar-refractivity contribution in [2.24, 2.45) is 11.8 Å². The Morgan fingerprint density at radius 2 is 1.31 bits per heavy atom. The summed E-state index contributed by atoms with van der Waals surface area (Å²) in [5.74, 6) is -2.96. The molecule has 45 heavy (non-hydrogen) atoms. The number of amides is 5. The fraction of sp³-hybridized carbons (Fsp3) is 0.500. The molecule has 5 amide bonds. The predicted molar refractivity (Wildman–Crippen MR) is 169 cm³/mol. The topological polar surface area (TPSA) is 148 Å². The first kappa shape index (κ1) is 33.5. The molecule has 4 N–H and O–H groups in total. The van der Waals surface area contributed by atoms with Crippen LogP contribution < -0.4 is 16.0 Å². The summed E-state index contributed by atoms with van der Waals surface area (Å²) in [5.41, 5.74) is 1.52. The molecule has 11 heteroatoms. The van der Waals surface area contributed by atoms with Crippen LogP contribution in [0.1, 0.15) is 51.7 Å². The number of rotatable bonds is 6. The van der Waals surface area contributed by atoms with Crippen molar-refractivity contribution in [1.29, 1.82) is 0 Å². The summed E-state index contributed by atoms with van der Waals surface area (Å²) < 4.78 is 0. The molecule has 4 rings (SSSR count). The second-order valence-corrected chi connectivity index (χ2v) is 12.7. The summed E-state index contributed by atoms with van der Waals surface area (Å²) in [7, 11) is 1.51. The zero-order valence-corrected chi connectivity index (χ0v) is 26.7. The molecule has 0 saturated carbocycles. The van der Waals surface area contributed by atoms with Crippen molar-refractivity contribution >= 4 is 29.5 Å². The van der Waals surface area contributed by atoms with E-state index < -0.39 is 53.8 Å². The lowest BCUT2D eigenvalue weighted by Crippen LogP contribution is -2.60. The number of nitrogens with one attached hydrogen (secondary N) is 3. The van der Waals surface area contributed by atoms with Crippen molar-refractivity contribution in [3.05, 3.63) is 65.7 Å². The van der Waals surface area contributed by atoms with E-state index in [-0.39, 0.29) is 36.3 Å². The third kappa shape index (κ3) is 8.01. The first-order valence-electron chi connectivity index (χ1n) is 15.7. The molecule has 242 valence electrons. The molecule has 0 bridgehead atoms. The Morgan fingerprint density at radius 3 is 1.93 bits per heavy atom. The molecule has 0 aromatic heterocycles. The van der Waals surface area contributed by atoms with Gasteiger partial charge in [-0.3, -0.25) is 24.0 Å². The van der Waals surface area contributed by atoms with Crippen LogP contribution in [-0.2, 0) is 36.8 Å². The molecule has 2 aliphatic rings. The van der Waals surface area contributed by atoms with Gasteiger partial charge in [-0.25, -0.2) is 0 Å². The Morgan fingerprint density at radius 1 is 0.733 bits per heavy atom. The third-order valence-corrected chi connectivity index (χ3v) is 8.70. The van der Waals surface area contributed by atoms with Gasteiger partial charge in [0.25, 0.3) is 0 Å². The van der Waals surface area contributed by atoms with Crippen molar-refractivity contribution in [3.8, 4) is 5.75 Å². The molecule has 0 radical (unpaired) electrons. The average Bonchev–Trinajstić information content (AvgIpc) is 3.51. The normalized spacial score (nSPS) is 25.4. The Labute approximate surface area is 264 Å². The minimum Gasteiger partial charge on any atom is -0.508 e. The van der Waals surface area contributed by atoms with Gasteiger partial charge in [0.1, 0.15) is 36.0 Å². The lowest BCUT2D eigenvalue weighted by atomic mass is 9.97. The molecule has 2 aliphatic heterocycles. The second kappa shape index (κ2) is 14.6. The maximum absolute atomic E-state index is 14.1. The van der Waals surface area contributed by atoms with E-state index in [1.165, 1.54) is 29.0 Å². The summed E-state index contributed by atoms with van der Waals surface area (Å²) in [6.45, 7) is 7.58. The standard InChI is InChI=1S/C34H45N5O6/c1-20(2)28-33(44)38(5)27(19-23-13-15-24(40)16-14-23)32(43)37-29(21(3)4)34(45)39-17-9-12-26(39)31(42)35-25(30(41)36-28)18-22-10-7-6-8-11-22/h6-8,10-11,13-16,20-21,25-29,40H,9,12,17-19H2,1-5H3,(H,35,42)(H,36,41)(H,37,43)/t25-,26-,27-,28-,29-/m0/s1.